The second kappa shape index (κ2) is 4.96. The van der Waals surface area contributed by atoms with Crippen molar-refractivity contribution in [3.63, 3.8) is 0 Å². The molecule has 0 spiro atoms. The number of hydrogen-bond donors (Lipinski definition) is 0. The van der Waals surface area contributed by atoms with Crippen molar-refractivity contribution in [2.24, 2.45) is 0 Å². The molecule has 1 aromatic rings. The molecule has 0 N–H and O–H groups in total. The van der Waals surface area contributed by atoms with Crippen LogP contribution in [0.5, 0.6) is 5.75 Å². The molecular weight excluding hydrogens is 188 g/mol. The first kappa shape index (κ1) is 11.8. The molecule has 0 aromatic heterocycles. The molecule has 0 aliphatic rings. The number of carbonyl (C=O) groups is 1. The van der Waals surface area contributed by atoms with Crippen molar-refractivity contribution in [2.75, 3.05) is 6.61 Å². The van der Waals surface area contributed by atoms with Crippen LogP contribution in [0.1, 0.15) is 30.0 Å². The average molecular weight is 206 g/mol. The molecule has 0 radical (unpaired) electrons. The van der Waals surface area contributed by atoms with E-state index in [0.717, 1.165) is 16.9 Å². The number of rotatable bonds is 4. The molecule has 0 saturated carbocycles. The van der Waals surface area contributed by atoms with Crippen molar-refractivity contribution in [2.45, 2.75) is 34.1 Å². The molecule has 0 heterocycles. The summed E-state index contributed by atoms with van der Waals surface area (Å²) in [6.45, 7) is 8.10. The molecule has 0 saturated heterocycles. The average Bonchev–Trinajstić information content (AvgIpc) is 2.15. The summed E-state index contributed by atoms with van der Waals surface area (Å²) in [5.74, 6) is 0.983. The Hall–Kier alpha value is -1.31. The van der Waals surface area contributed by atoms with Crippen molar-refractivity contribution < 1.29 is 9.53 Å². The first-order chi connectivity index (χ1) is 7.04. The highest BCUT2D eigenvalue weighted by atomic mass is 16.5. The van der Waals surface area contributed by atoms with Gasteiger partial charge in [-0.1, -0.05) is 24.6 Å². The fourth-order valence-electron chi connectivity index (χ4n) is 1.65. The van der Waals surface area contributed by atoms with Gasteiger partial charge in [-0.25, -0.2) is 0 Å². The van der Waals surface area contributed by atoms with Crippen LogP contribution in [-0.2, 0) is 4.79 Å². The zero-order chi connectivity index (χ0) is 11.4. The summed E-state index contributed by atoms with van der Waals surface area (Å²) in [7, 11) is 0. The monoisotopic (exact) mass is 206 g/mol. The van der Waals surface area contributed by atoms with Gasteiger partial charge in [-0.05, 0) is 31.9 Å². The van der Waals surface area contributed by atoms with E-state index in [1.165, 1.54) is 5.56 Å². The first-order valence-corrected chi connectivity index (χ1v) is 5.27. The van der Waals surface area contributed by atoms with Crippen LogP contribution in [-0.4, -0.2) is 12.4 Å². The minimum absolute atomic E-state index is 0.134. The lowest BCUT2D eigenvalue weighted by Gasteiger charge is -2.12. The van der Waals surface area contributed by atoms with Crippen LogP contribution in [0.15, 0.2) is 12.1 Å². The number of ketones is 1. The zero-order valence-electron chi connectivity index (χ0n) is 9.89. The Labute approximate surface area is 91.3 Å². The van der Waals surface area contributed by atoms with Crippen molar-refractivity contribution >= 4 is 5.78 Å². The molecule has 0 fully saturated rings. The molecule has 0 aliphatic carbocycles. The lowest BCUT2D eigenvalue weighted by atomic mass is 10.1. The van der Waals surface area contributed by atoms with Gasteiger partial charge >= 0.3 is 0 Å². The third-order valence-corrected chi connectivity index (χ3v) is 2.38. The van der Waals surface area contributed by atoms with Crippen LogP contribution in [0, 0.1) is 20.8 Å². The van der Waals surface area contributed by atoms with Crippen LogP contribution in [0.4, 0.5) is 0 Å². The normalized spacial score (nSPS) is 10.1. The molecule has 15 heavy (non-hydrogen) atoms. The fraction of sp³-hybridized carbons (Fsp3) is 0.462. The predicted octanol–water partition coefficient (Wildman–Crippen LogP) is 2.97. The van der Waals surface area contributed by atoms with Gasteiger partial charge in [0, 0.05) is 6.42 Å². The van der Waals surface area contributed by atoms with E-state index in [2.05, 4.69) is 19.1 Å². The Morgan fingerprint density at radius 1 is 1.20 bits per heavy atom. The van der Waals surface area contributed by atoms with Gasteiger partial charge in [0.25, 0.3) is 0 Å². The van der Waals surface area contributed by atoms with Crippen molar-refractivity contribution in [3.05, 3.63) is 28.8 Å². The Bertz CT molecular complexity index is 344. The van der Waals surface area contributed by atoms with Crippen LogP contribution in [0.3, 0.4) is 0 Å². The van der Waals surface area contributed by atoms with Crippen molar-refractivity contribution in [1.29, 1.82) is 0 Å². The topological polar surface area (TPSA) is 26.3 Å². The maximum Gasteiger partial charge on any atom is 0.169 e. The maximum atomic E-state index is 11.1. The van der Waals surface area contributed by atoms with Crippen molar-refractivity contribution in [3.8, 4) is 5.75 Å². The molecule has 82 valence electrons. The Kier molecular flexibility index (Phi) is 3.89. The number of aryl methyl sites for hydroxylation is 3. The van der Waals surface area contributed by atoms with Gasteiger partial charge in [0.2, 0.25) is 0 Å². The predicted molar refractivity (Wildman–Crippen MR) is 61.4 cm³/mol. The smallest absolute Gasteiger partial charge is 0.169 e. The number of Topliss-reactive ketones (excluding diaryl/α,β-unsaturated/α-hetero) is 1. The second-order valence-electron chi connectivity index (χ2n) is 3.91. The molecule has 0 amide bonds. The minimum Gasteiger partial charge on any atom is -0.485 e. The molecule has 1 aromatic carbocycles. The fourth-order valence-corrected chi connectivity index (χ4v) is 1.65. The van der Waals surface area contributed by atoms with Crippen molar-refractivity contribution in [1.82, 2.24) is 0 Å². The molecule has 1 rings (SSSR count). The number of benzene rings is 1. The third kappa shape index (κ3) is 3.08. The van der Waals surface area contributed by atoms with Gasteiger partial charge in [0.05, 0.1) is 0 Å². The molecule has 0 unspecified atom stereocenters. The van der Waals surface area contributed by atoms with Gasteiger partial charge in [-0.15, -0.1) is 0 Å². The standard InChI is InChI=1S/C13H18O2/c1-5-12(14)8-15-13-10(3)6-9(2)7-11(13)4/h6-7H,5,8H2,1-4H3. The lowest BCUT2D eigenvalue weighted by Crippen LogP contribution is -2.11. The highest BCUT2D eigenvalue weighted by molar-refractivity contribution is 5.79. The molecular formula is C13H18O2. The largest absolute Gasteiger partial charge is 0.485 e. The highest BCUT2D eigenvalue weighted by Crippen LogP contribution is 2.24. The van der Waals surface area contributed by atoms with E-state index in [0.29, 0.717) is 6.42 Å². The zero-order valence-corrected chi connectivity index (χ0v) is 9.89. The van der Waals surface area contributed by atoms with Gasteiger partial charge in [0.15, 0.2) is 5.78 Å². The van der Waals surface area contributed by atoms with Gasteiger partial charge < -0.3 is 4.74 Å². The first-order valence-electron chi connectivity index (χ1n) is 5.27. The third-order valence-electron chi connectivity index (χ3n) is 2.38. The van der Waals surface area contributed by atoms with E-state index in [9.17, 15) is 4.79 Å². The molecule has 2 nitrogen and oxygen atoms in total. The maximum absolute atomic E-state index is 11.1. The van der Waals surface area contributed by atoms with E-state index in [-0.39, 0.29) is 12.4 Å². The Balaban J connectivity index is 2.81. The van der Waals surface area contributed by atoms with E-state index in [1.807, 2.05) is 20.8 Å². The summed E-state index contributed by atoms with van der Waals surface area (Å²) in [5, 5.41) is 0. The van der Waals surface area contributed by atoms with Gasteiger partial charge in [0.1, 0.15) is 12.4 Å². The highest BCUT2D eigenvalue weighted by Gasteiger charge is 2.06. The van der Waals surface area contributed by atoms with Crippen LogP contribution in [0.25, 0.3) is 0 Å². The number of carbonyl (C=O) groups excluding carboxylic acids is 1. The molecule has 0 aliphatic heterocycles. The van der Waals surface area contributed by atoms with E-state index in [4.69, 9.17) is 4.74 Å². The van der Waals surface area contributed by atoms with Crippen LogP contribution >= 0.6 is 0 Å². The Morgan fingerprint density at radius 3 is 2.20 bits per heavy atom. The van der Waals surface area contributed by atoms with E-state index >= 15 is 0 Å². The number of hydrogen-bond acceptors (Lipinski definition) is 2. The van der Waals surface area contributed by atoms with E-state index in [1.54, 1.807) is 0 Å². The van der Waals surface area contributed by atoms with Crippen LogP contribution in [0.2, 0.25) is 0 Å². The summed E-state index contributed by atoms with van der Waals surface area (Å²) in [4.78, 5) is 11.1. The SMILES string of the molecule is CCC(=O)COc1c(C)cc(C)cc1C. The van der Waals surface area contributed by atoms with Crippen LogP contribution < -0.4 is 4.74 Å². The lowest BCUT2D eigenvalue weighted by molar-refractivity contribution is -0.120. The van der Waals surface area contributed by atoms with E-state index < -0.39 is 0 Å². The van der Waals surface area contributed by atoms with Gasteiger partial charge in [-0.3, -0.25) is 4.79 Å². The Morgan fingerprint density at radius 2 is 1.73 bits per heavy atom. The number of ether oxygens (including phenoxy) is 1. The second-order valence-corrected chi connectivity index (χ2v) is 3.91. The molecule has 0 atom stereocenters. The molecule has 0 bridgehead atoms. The summed E-state index contributed by atoms with van der Waals surface area (Å²) in [5.41, 5.74) is 3.41. The quantitative estimate of drug-likeness (QED) is 0.757. The minimum atomic E-state index is 0.134. The summed E-state index contributed by atoms with van der Waals surface area (Å²) in [6.07, 6.45) is 0.532. The summed E-state index contributed by atoms with van der Waals surface area (Å²) in [6, 6.07) is 4.14. The summed E-state index contributed by atoms with van der Waals surface area (Å²) < 4.78 is 5.53. The molecule has 2 heteroatoms. The summed E-state index contributed by atoms with van der Waals surface area (Å²) >= 11 is 0. The van der Waals surface area contributed by atoms with Gasteiger partial charge in [-0.2, -0.15) is 0 Å².